The highest BCUT2D eigenvalue weighted by atomic mass is 16.4. The van der Waals surface area contributed by atoms with Crippen molar-refractivity contribution in [2.24, 2.45) is 14.1 Å². The second-order valence-corrected chi connectivity index (χ2v) is 6.85. The van der Waals surface area contributed by atoms with Gasteiger partial charge in [0.2, 0.25) is 0 Å². The average molecular weight is 369 g/mol. The number of benzene rings is 1. The number of aliphatic hydroxyl groups excluding tert-OH is 1. The average Bonchev–Trinajstić information content (AvgIpc) is 3.02. The predicted molar refractivity (Wildman–Crippen MR) is 98.7 cm³/mol. The van der Waals surface area contributed by atoms with Crippen LogP contribution >= 0.6 is 0 Å². The Morgan fingerprint density at radius 1 is 1.07 bits per heavy atom. The number of carboxylic acid groups (broad SMARTS) is 1. The van der Waals surface area contributed by atoms with Gasteiger partial charge in [0.1, 0.15) is 6.04 Å². The molecule has 27 heavy (non-hydrogen) atoms. The van der Waals surface area contributed by atoms with Gasteiger partial charge in [-0.25, -0.2) is 9.59 Å². The molecule has 1 aromatic carbocycles. The van der Waals surface area contributed by atoms with Gasteiger partial charge in [-0.1, -0.05) is 30.3 Å². The lowest BCUT2D eigenvalue weighted by molar-refractivity contribution is -0.141. The summed E-state index contributed by atoms with van der Waals surface area (Å²) in [5.41, 5.74) is 0.642. The van der Waals surface area contributed by atoms with Crippen molar-refractivity contribution >= 4 is 16.9 Å². The lowest BCUT2D eigenvalue weighted by Crippen LogP contribution is -2.37. The number of aliphatic carboxylic acids is 1. The number of aromatic nitrogens is 3. The van der Waals surface area contributed by atoms with Crippen LogP contribution in [0.1, 0.15) is 30.7 Å². The molecule has 0 saturated heterocycles. The van der Waals surface area contributed by atoms with Gasteiger partial charge in [-0.05, 0) is 18.4 Å². The summed E-state index contributed by atoms with van der Waals surface area (Å²) in [6.07, 6.45) is -0.481. The third-order valence-corrected chi connectivity index (χ3v) is 5.32. The summed E-state index contributed by atoms with van der Waals surface area (Å²) in [4.78, 5) is 37.4. The highest BCUT2D eigenvalue weighted by molar-refractivity contribution is 5.97. The van der Waals surface area contributed by atoms with E-state index in [4.69, 9.17) is 0 Å². The Balaban J connectivity index is 2.31. The fraction of sp³-hybridized carbons (Fsp3) is 0.316. The van der Waals surface area contributed by atoms with E-state index in [0.717, 1.165) is 4.57 Å². The van der Waals surface area contributed by atoms with E-state index in [1.807, 2.05) is 6.07 Å². The minimum atomic E-state index is -1.04. The highest BCUT2D eigenvalue weighted by Gasteiger charge is 2.37. The van der Waals surface area contributed by atoms with E-state index < -0.39 is 29.4 Å². The summed E-state index contributed by atoms with van der Waals surface area (Å²) in [5, 5.41) is 20.7. The molecule has 1 aliphatic rings. The van der Waals surface area contributed by atoms with Crippen LogP contribution in [0.25, 0.3) is 22.2 Å². The van der Waals surface area contributed by atoms with E-state index in [1.165, 1.54) is 23.2 Å². The van der Waals surface area contributed by atoms with Crippen molar-refractivity contribution in [2.45, 2.75) is 25.0 Å². The number of hydrogen-bond donors (Lipinski definition) is 2. The SMILES string of the molecule is Cn1c(=O)c2c(-c3ccccc3)n3c(c2n(C)c1=O)C(O)CCC3C(=O)O. The second-order valence-electron chi connectivity index (χ2n) is 6.85. The van der Waals surface area contributed by atoms with Gasteiger partial charge in [-0.15, -0.1) is 0 Å². The van der Waals surface area contributed by atoms with E-state index in [0.29, 0.717) is 22.5 Å². The van der Waals surface area contributed by atoms with Crippen LogP contribution < -0.4 is 11.2 Å². The summed E-state index contributed by atoms with van der Waals surface area (Å²) in [6, 6.07) is 8.05. The molecule has 0 amide bonds. The first-order chi connectivity index (χ1) is 12.8. The maximum Gasteiger partial charge on any atom is 0.331 e. The molecule has 3 heterocycles. The number of carbonyl (C=O) groups is 1. The molecule has 2 N–H and O–H groups in total. The Morgan fingerprint density at radius 2 is 1.74 bits per heavy atom. The van der Waals surface area contributed by atoms with Crippen LogP contribution in [0.2, 0.25) is 0 Å². The Bertz CT molecular complexity index is 1190. The Hall–Kier alpha value is -3.13. The lowest BCUT2D eigenvalue weighted by atomic mass is 9.99. The van der Waals surface area contributed by atoms with Crippen molar-refractivity contribution in [3.8, 4) is 11.3 Å². The zero-order valence-corrected chi connectivity index (χ0v) is 14.9. The molecular weight excluding hydrogens is 350 g/mol. The van der Waals surface area contributed by atoms with E-state index >= 15 is 0 Å². The molecule has 2 unspecified atom stereocenters. The first kappa shape index (κ1) is 17.3. The molecule has 0 spiro atoms. The van der Waals surface area contributed by atoms with Crippen molar-refractivity contribution in [3.63, 3.8) is 0 Å². The Morgan fingerprint density at radius 3 is 2.37 bits per heavy atom. The Labute approximate surface area is 153 Å². The van der Waals surface area contributed by atoms with Gasteiger partial charge in [0.25, 0.3) is 5.56 Å². The molecule has 2 aromatic heterocycles. The molecule has 1 aliphatic heterocycles. The fourth-order valence-corrected chi connectivity index (χ4v) is 4.05. The van der Waals surface area contributed by atoms with Crippen molar-refractivity contribution in [2.75, 3.05) is 0 Å². The molecule has 3 aromatic rings. The normalized spacial score (nSPS) is 19.2. The lowest BCUT2D eigenvalue weighted by Gasteiger charge is -2.28. The summed E-state index contributed by atoms with van der Waals surface area (Å²) >= 11 is 0. The molecule has 8 heteroatoms. The molecule has 0 bridgehead atoms. The van der Waals surface area contributed by atoms with Crippen molar-refractivity contribution in [1.29, 1.82) is 0 Å². The number of aryl methyl sites for hydroxylation is 1. The number of nitrogens with zero attached hydrogens (tertiary/aromatic N) is 3. The smallest absolute Gasteiger partial charge is 0.331 e. The summed E-state index contributed by atoms with van der Waals surface area (Å²) in [7, 11) is 2.91. The van der Waals surface area contributed by atoms with Gasteiger partial charge in [-0.2, -0.15) is 0 Å². The van der Waals surface area contributed by atoms with Crippen molar-refractivity contribution < 1.29 is 15.0 Å². The minimum absolute atomic E-state index is 0.235. The van der Waals surface area contributed by atoms with Gasteiger partial charge in [0, 0.05) is 14.1 Å². The molecule has 0 saturated carbocycles. The first-order valence-corrected chi connectivity index (χ1v) is 8.64. The highest BCUT2D eigenvalue weighted by Crippen LogP contribution is 2.43. The molecule has 2 atom stereocenters. The van der Waals surface area contributed by atoms with Crippen LogP contribution in [-0.2, 0) is 18.9 Å². The van der Waals surface area contributed by atoms with Crippen molar-refractivity contribution in [1.82, 2.24) is 13.7 Å². The molecule has 140 valence electrons. The zero-order valence-electron chi connectivity index (χ0n) is 14.9. The zero-order chi connectivity index (χ0) is 19.5. The third kappa shape index (κ3) is 2.30. The number of hydrogen-bond acceptors (Lipinski definition) is 4. The van der Waals surface area contributed by atoms with E-state index in [9.17, 15) is 24.6 Å². The Kier molecular flexibility index (Phi) is 3.81. The van der Waals surface area contributed by atoms with Crippen LogP contribution in [-0.4, -0.2) is 29.9 Å². The first-order valence-electron chi connectivity index (χ1n) is 8.64. The largest absolute Gasteiger partial charge is 0.480 e. The van der Waals surface area contributed by atoms with Crippen LogP contribution in [0.3, 0.4) is 0 Å². The van der Waals surface area contributed by atoms with Crippen LogP contribution in [0, 0.1) is 0 Å². The van der Waals surface area contributed by atoms with Gasteiger partial charge in [0.05, 0.1) is 28.4 Å². The number of aliphatic hydroxyl groups is 1. The van der Waals surface area contributed by atoms with E-state index in [-0.39, 0.29) is 18.2 Å². The second kappa shape index (κ2) is 5.95. The molecular formula is C19H19N3O5. The third-order valence-electron chi connectivity index (χ3n) is 5.32. The van der Waals surface area contributed by atoms with Crippen LogP contribution in [0.5, 0.6) is 0 Å². The van der Waals surface area contributed by atoms with Gasteiger partial charge < -0.3 is 14.8 Å². The van der Waals surface area contributed by atoms with Gasteiger partial charge in [0.15, 0.2) is 0 Å². The predicted octanol–water partition coefficient (Wildman–Crippen LogP) is 1.16. The van der Waals surface area contributed by atoms with Crippen LogP contribution in [0.4, 0.5) is 0 Å². The number of fused-ring (bicyclic) bond motifs is 3. The maximum absolute atomic E-state index is 13.0. The fourth-order valence-electron chi connectivity index (χ4n) is 4.05. The molecule has 0 fully saturated rings. The van der Waals surface area contributed by atoms with Crippen molar-refractivity contribution in [3.05, 3.63) is 56.9 Å². The maximum atomic E-state index is 13.0. The van der Waals surface area contributed by atoms with Crippen LogP contribution in [0.15, 0.2) is 39.9 Å². The molecule has 8 nitrogen and oxygen atoms in total. The van der Waals surface area contributed by atoms with E-state index in [1.54, 1.807) is 24.3 Å². The summed E-state index contributed by atoms with van der Waals surface area (Å²) < 4.78 is 3.84. The molecule has 4 rings (SSSR count). The molecule has 0 radical (unpaired) electrons. The molecule has 0 aliphatic carbocycles. The summed E-state index contributed by atoms with van der Waals surface area (Å²) in [5.74, 6) is -1.04. The topological polar surface area (TPSA) is 106 Å². The number of rotatable bonds is 2. The standard InChI is InChI=1S/C19H19N3O5/c1-20-16-13(17(24)21(2)19(20)27)14(10-6-4-3-5-7-10)22-11(18(25)26)8-9-12(23)15(16)22/h3-7,11-12,23H,8-9H2,1-2H3,(H,25,26). The number of carboxylic acids is 1. The van der Waals surface area contributed by atoms with Gasteiger partial charge >= 0.3 is 11.7 Å². The quantitative estimate of drug-likeness (QED) is 0.705. The van der Waals surface area contributed by atoms with E-state index in [2.05, 4.69) is 0 Å². The summed E-state index contributed by atoms with van der Waals surface area (Å²) in [6.45, 7) is 0. The monoisotopic (exact) mass is 369 g/mol. The minimum Gasteiger partial charge on any atom is -0.480 e. The van der Waals surface area contributed by atoms with Gasteiger partial charge in [-0.3, -0.25) is 13.9 Å².